The van der Waals surface area contributed by atoms with E-state index < -0.39 is 0 Å². The lowest BCUT2D eigenvalue weighted by Gasteiger charge is -2.21. The molecular formula is C9H20S. The van der Waals surface area contributed by atoms with Crippen LogP contribution in [0.4, 0.5) is 0 Å². The molecule has 0 rings (SSSR count). The summed E-state index contributed by atoms with van der Waals surface area (Å²) in [5, 5.41) is 0. The van der Waals surface area contributed by atoms with Crippen LogP contribution in [0.1, 0.15) is 40.5 Å². The normalized spacial score (nSPS) is 12.0. The third kappa shape index (κ3) is 5.16. The average Bonchev–Trinajstić information content (AvgIpc) is 1.89. The van der Waals surface area contributed by atoms with Gasteiger partial charge >= 0.3 is 0 Å². The van der Waals surface area contributed by atoms with E-state index in [0.29, 0.717) is 5.41 Å². The lowest BCUT2D eigenvalue weighted by molar-refractivity contribution is 0.408. The molecule has 0 atom stereocenters. The van der Waals surface area contributed by atoms with E-state index in [1.165, 1.54) is 24.3 Å². The largest absolute Gasteiger partial charge is 0.161 e. The molecule has 0 saturated carbocycles. The van der Waals surface area contributed by atoms with Gasteiger partial charge in [-0.25, -0.2) is 0 Å². The molecule has 0 aliphatic carbocycles. The van der Waals surface area contributed by atoms with Gasteiger partial charge < -0.3 is 0 Å². The molecule has 0 bridgehead atoms. The highest BCUT2D eigenvalue weighted by Gasteiger charge is 2.13. The van der Waals surface area contributed by atoms with E-state index in [-0.39, 0.29) is 0 Å². The molecule has 0 nitrogen and oxygen atoms in total. The van der Waals surface area contributed by atoms with Crippen LogP contribution in [0.3, 0.4) is 0 Å². The molecule has 0 heterocycles. The quantitative estimate of drug-likeness (QED) is 0.554. The summed E-state index contributed by atoms with van der Waals surface area (Å²) >= 11 is 2.08. The minimum absolute atomic E-state index is 0.555. The summed E-state index contributed by atoms with van der Waals surface area (Å²) < 4.78 is 0. The first-order valence-electron chi connectivity index (χ1n) is 4.20. The second-order valence-electron chi connectivity index (χ2n) is 3.57. The van der Waals surface area contributed by atoms with E-state index in [0.717, 1.165) is 0 Å². The molecule has 0 aromatic heterocycles. The van der Waals surface area contributed by atoms with Gasteiger partial charge in [0.15, 0.2) is 0 Å². The van der Waals surface area contributed by atoms with Crippen LogP contribution in [0.25, 0.3) is 0 Å². The van der Waals surface area contributed by atoms with E-state index in [1.807, 2.05) is 0 Å². The Hall–Kier alpha value is 0.350. The monoisotopic (exact) mass is 160 g/mol. The van der Waals surface area contributed by atoms with Crippen LogP contribution in [0.5, 0.6) is 0 Å². The Labute approximate surface area is 69.8 Å². The third-order valence-corrected chi connectivity index (χ3v) is 3.48. The maximum absolute atomic E-state index is 2.34. The minimum Gasteiger partial charge on any atom is -0.161 e. The fourth-order valence-electron chi connectivity index (χ4n) is 0.595. The predicted molar refractivity (Wildman–Crippen MR) is 51.7 cm³/mol. The van der Waals surface area contributed by atoms with Gasteiger partial charge in [0.05, 0.1) is 0 Å². The van der Waals surface area contributed by atoms with Gasteiger partial charge in [0, 0.05) is 0 Å². The molecule has 0 amide bonds. The van der Waals surface area contributed by atoms with Crippen molar-refractivity contribution < 1.29 is 0 Å². The Bertz CT molecular complexity index is 76.8. The molecular weight excluding hydrogens is 140 g/mol. The third-order valence-electron chi connectivity index (χ3n) is 1.80. The molecule has 0 aliphatic heterocycles. The molecule has 0 aromatic rings. The number of thioether (sulfide) groups is 1. The van der Waals surface area contributed by atoms with Crippen molar-refractivity contribution in [2.75, 3.05) is 11.5 Å². The van der Waals surface area contributed by atoms with Gasteiger partial charge in [-0.1, -0.05) is 34.1 Å². The zero-order valence-electron chi connectivity index (χ0n) is 7.74. The van der Waals surface area contributed by atoms with Gasteiger partial charge in [0.25, 0.3) is 0 Å². The van der Waals surface area contributed by atoms with Crippen molar-refractivity contribution in [3.8, 4) is 0 Å². The van der Waals surface area contributed by atoms with Crippen LogP contribution in [-0.4, -0.2) is 11.5 Å². The summed E-state index contributed by atoms with van der Waals surface area (Å²) in [6, 6.07) is 0. The average molecular weight is 160 g/mol. The minimum atomic E-state index is 0.555. The first-order valence-corrected chi connectivity index (χ1v) is 5.35. The van der Waals surface area contributed by atoms with Crippen molar-refractivity contribution >= 4 is 11.8 Å². The van der Waals surface area contributed by atoms with Gasteiger partial charge in [-0.2, -0.15) is 11.8 Å². The number of hydrogen-bond donors (Lipinski definition) is 0. The summed E-state index contributed by atoms with van der Waals surface area (Å²) in [4.78, 5) is 0. The molecule has 0 saturated heterocycles. The Morgan fingerprint density at radius 2 is 1.80 bits per heavy atom. The van der Waals surface area contributed by atoms with E-state index in [1.54, 1.807) is 0 Å². The molecule has 0 radical (unpaired) electrons. The predicted octanol–water partition coefficient (Wildman–Crippen LogP) is 3.57. The molecule has 0 unspecified atom stereocenters. The van der Waals surface area contributed by atoms with Gasteiger partial charge in [-0.15, -0.1) is 0 Å². The fraction of sp³-hybridized carbons (Fsp3) is 1.00. The highest BCUT2D eigenvalue weighted by molar-refractivity contribution is 7.99. The van der Waals surface area contributed by atoms with Gasteiger partial charge in [0.1, 0.15) is 0 Å². The maximum Gasteiger partial charge on any atom is -0.00162 e. The van der Waals surface area contributed by atoms with Crippen LogP contribution in [0.15, 0.2) is 0 Å². The van der Waals surface area contributed by atoms with Gasteiger partial charge in [-0.3, -0.25) is 0 Å². The highest BCUT2D eigenvalue weighted by atomic mass is 32.2. The molecule has 0 fully saturated rings. The van der Waals surface area contributed by atoms with Crippen LogP contribution in [0.2, 0.25) is 0 Å². The Morgan fingerprint density at radius 1 is 1.20 bits per heavy atom. The maximum atomic E-state index is 2.34. The SMILES string of the molecule is CCCSCC(C)(C)CC. The van der Waals surface area contributed by atoms with Crippen molar-refractivity contribution in [3.05, 3.63) is 0 Å². The molecule has 0 aromatic carbocycles. The molecule has 0 aliphatic rings. The van der Waals surface area contributed by atoms with Crippen LogP contribution >= 0.6 is 11.8 Å². The van der Waals surface area contributed by atoms with E-state index in [9.17, 15) is 0 Å². The summed E-state index contributed by atoms with van der Waals surface area (Å²) in [6.07, 6.45) is 2.61. The first kappa shape index (κ1) is 10.3. The second-order valence-corrected chi connectivity index (χ2v) is 4.68. The van der Waals surface area contributed by atoms with E-state index in [2.05, 4.69) is 39.5 Å². The van der Waals surface area contributed by atoms with Crippen molar-refractivity contribution in [1.29, 1.82) is 0 Å². The van der Waals surface area contributed by atoms with Crippen molar-refractivity contribution in [2.24, 2.45) is 5.41 Å². The highest BCUT2D eigenvalue weighted by Crippen LogP contribution is 2.25. The zero-order chi connectivity index (χ0) is 8.04. The fourth-order valence-corrected chi connectivity index (χ4v) is 1.78. The Balaban J connectivity index is 3.28. The molecule has 10 heavy (non-hydrogen) atoms. The van der Waals surface area contributed by atoms with E-state index >= 15 is 0 Å². The smallest absolute Gasteiger partial charge is 0.00162 e. The Morgan fingerprint density at radius 3 is 2.20 bits per heavy atom. The summed E-state index contributed by atoms with van der Waals surface area (Å²) in [7, 11) is 0. The Kier molecular flexibility index (Phi) is 5.24. The standard InChI is InChI=1S/C9H20S/c1-5-7-10-8-9(3,4)6-2/h5-8H2,1-4H3. The zero-order valence-corrected chi connectivity index (χ0v) is 8.55. The topological polar surface area (TPSA) is 0 Å². The van der Waals surface area contributed by atoms with Crippen molar-refractivity contribution in [3.63, 3.8) is 0 Å². The van der Waals surface area contributed by atoms with Gasteiger partial charge in [-0.05, 0) is 23.3 Å². The van der Waals surface area contributed by atoms with Crippen molar-refractivity contribution in [2.45, 2.75) is 40.5 Å². The van der Waals surface area contributed by atoms with Gasteiger partial charge in [0.2, 0.25) is 0 Å². The number of hydrogen-bond acceptors (Lipinski definition) is 1. The lowest BCUT2D eigenvalue weighted by atomic mass is 9.93. The molecule has 62 valence electrons. The first-order chi connectivity index (χ1) is 4.62. The summed E-state index contributed by atoms with van der Waals surface area (Å²) in [5.74, 6) is 2.64. The second kappa shape index (κ2) is 5.06. The van der Waals surface area contributed by atoms with Crippen LogP contribution in [0, 0.1) is 5.41 Å². The molecule has 0 N–H and O–H groups in total. The van der Waals surface area contributed by atoms with E-state index in [4.69, 9.17) is 0 Å². The summed E-state index contributed by atoms with van der Waals surface area (Å²) in [6.45, 7) is 9.20. The molecule has 0 spiro atoms. The number of rotatable bonds is 5. The van der Waals surface area contributed by atoms with Crippen LogP contribution < -0.4 is 0 Å². The van der Waals surface area contributed by atoms with Crippen molar-refractivity contribution in [1.82, 2.24) is 0 Å². The molecule has 1 heteroatoms. The van der Waals surface area contributed by atoms with Crippen LogP contribution in [-0.2, 0) is 0 Å². The summed E-state index contributed by atoms with van der Waals surface area (Å²) in [5.41, 5.74) is 0.555. The lowest BCUT2D eigenvalue weighted by Crippen LogP contribution is -2.12.